The van der Waals surface area contributed by atoms with E-state index in [1.165, 1.54) is 11.9 Å². The number of nitrogens with zero attached hydrogens (tertiary/aromatic N) is 4. The number of amides is 6. The highest BCUT2D eigenvalue weighted by molar-refractivity contribution is 6.02. The molecule has 0 aromatic carbocycles. The van der Waals surface area contributed by atoms with Gasteiger partial charge in [0.05, 0.1) is 0 Å². The molecule has 0 atom stereocenters. The lowest BCUT2D eigenvalue weighted by Gasteiger charge is -2.25. The third kappa shape index (κ3) is 8.84. The average Bonchev–Trinajstić information content (AvgIpc) is 3.27. The number of hydroxylamine groups is 4. The summed E-state index contributed by atoms with van der Waals surface area (Å²) in [5.41, 5.74) is -0.713. The van der Waals surface area contributed by atoms with Gasteiger partial charge in [0.1, 0.15) is 18.7 Å². The molecule has 2 fully saturated rings. The highest BCUT2D eigenvalue weighted by Gasteiger charge is 2.36. The number of hydrogen-bond donors (Lipinski definition) is 0. The molecule has 6 amide bonds. The topological polar surface area (TPSA) is 177 Å². The van der Waals surface area contributed by atoms with E-state index >= 15 is 0 Å². The van der Waals surface area contributed by atoms with Crippen LogP contribution >= 0.6 is 0 Å². The fourth-order valence-corrected chi connectivity index (χ4v) is 3.18. The normalized spacial score (nSPS) is 15.7. The smallest absolute Gasteiger partial charge is 0.410 e. The molecule has 15 nitrogen and oxygen atoms in total. The first-order valence-corrected chi connectivity index (χ1v) is 11.5. The van der Waals surface area contributed by atoms with Gasteiger partial charge in [0.25, 0.3) is 23.6 Å². The maximum Gasteiger partial charge on any atom is 0.410 e. The number of imide groups is 2. The van der Waals surface area contributed by atoms with E-state index in [0.717, 1.165) is 4.90 Å². The van der Waals surface area contributed by atoms with Crippen molar-refractivity contribution in [2.24, 2.45) is 0 Å². The molecule has 2 heterocycles. The third-order valence-electron chi connectivity index (χ3n) is 4.98. The molecule has 37 heavy (non-hydrogen) atoms. The standard InChI is InChI=1S/C22H30N4O11/c1-22(2,3)35-21(34)23(4)11-5-6-14(27)24(12-19(32)36-25-15(28)7-8-16(25)29)13-20(33)37-26-17(30)9-10-18(26)31/h5-13H2,1-4H3. The second-order valence-electron chi connectivity index (χ2n) is 9.35. The molecule has 0 aliphatic carbocycles. The Kier molecular flexibility index (Phi) is 9.68. The SMILES string of the molecule is CN(CCCC(=O)N(CC(=O)ON1C(=O)CCC1=O)CC(=O)ON1C(=O)CCC1=O)C(=O)OC(C)(C)C. The van der Waals surface area contributed by atoms with Crippen molar-refractivity contribution < 1.29 is 52.8 Å². The maximum absolute atomic E-state index is 12.8. The lowest BCUT2D eigenvalue weighted by Crippen LogP contribution is -2.44. The molecule has 15 heteroatoms. The Morgan fingerprint density at radius 2 is 1.19 bits per heavy atom. The molecule has 0 unspecified atom stereocenters. The molecular weight excluding hydrogens is 496 g/mol. The Bertz CT molecular complexity index is 904. The van der Waals surface area contributed by atoms with E-state index in [1.54, 1.807) is 20.8 Å². The Balaban J connectivity index is 2.00. The summed E-state index contributed by atoms with van der Waals surface area (Å²) in [5.74, 6) is -6.00. The van der Waals surface area contributed by atoms with Crippen molar-refractivity contribution in [1.29, 1.82) is 0 Å². The minimum atomic E-state index is -1.18. The van der Waals surface area contributed by atoms with Crippen molar-refractivity contribution in [1.82, 2.24) is 19.9 Å². The quantitative estimate of drug-likeness (QED) is 0.341. The molecule has 0 radical (unpaired) electrons. The Morgan fingerprint density at radius 1 is 0.784 bits per heavy atom. The van der Waals surface area contributed by atoms with Gasteiger partial charge in [-0.15, -0.1) is 10.1 Å². The lowest BCUT2D eigenvalue weighted by atomic mass is 10.2. The summed E-state index contributed by atoms with van der Waals surface area (Å²) in [6.07, 6.45) is -1.25. The summed E-state index contributed by atoms with van der Waals surface area (Å²) in [7, 11) is 1.47. The first-order valence-electron chi connectivity index (χ1n) is 11.5. The third-order valence-corrected chi connectivity index (χ3v) is 4.98. The van der Waals surface area contributed by atoms with Crippen LogP contribution in [0.15, 0.2) is 0 Å². The van der Waals surface area contributed by atoms with Crippen LogP contribution in [-0.4, -0.2) is 99.8 Å². The van der Waals surface area contributed by atoms with Crippen LogP contribution in [-0.2, 0) is 48.0 Å². The van der Waals surface area contributed by atoms with Gasteiger partial charge < -0.3 is 24.2 Å². The molecule has 2 aliphatic rings. The van der Waals surface area contributed by atoms with E-state index in [-0.39, 0.29) is 45.1 Å². The van der Waals surface area contributed by atoms with Gasteiger partial charge in [-0.2, -0.15) is 0 Å². The van der Waals surface area contributed by atoms with Gasteiger partial charge in [-0.1, -0.05) is 0 Å². The zero-order valence-corrected chi connectivity index (χ0v) is 21.1. The van der Waals surface area contributed by atoms with Crippen molar-refractivity contribution in [3.05, 3.63) is 0 Å². The van der Waals surface area contributed by atoms with Crippen molar-refractivity contribution in [3.8, 4) is 0 Å². The minimum Gasteiger partial charge on any atom is -0.444 e. The molecule has 204 valence electrons. The van der Waals surface area contributed by atoms with Crippen LogP contribution in [0.3, 0.4) is 0 Å². The largest absolute Gasteiger partial charge is 0.444 e. The van der Waals surface area contributed by atoms with Gasteiger partial charge in [-0.3, -0.25) is 24.0 Å². The lowest BCUT2D eigenvalue weighted by molar-refractivity contribution is -0.201. The highest BCUT2D eigenvalue weighted by Crippen LogP contribution is 2.15. The van der Waals surface area contributed by atoms with Crippen molar-refractivity contribution in [3.63, 3.8) is 0 Å². The highest BCUT2D eigenvalue weighted by atomic mass is 16.7. The van der Waals surface area contributed by atoms with Gasteiger partial charge in [-0.05, 0) is 27.2 Å². The molecule has 2 saturated heterocycles. The molecular formula is C22H30N4O11. The predicted molar refractivity (Wildman–Crippen MR) is 119 cm³/mol. The summed E-state index contributed by atoms with van der Waals surface area (Å²) in [6.45, 7) is 3.53. The molecule has 0 aromatic heterocycles. The molecule has 0 N–H and O–H groups in total. The molecule has 0 spiro atoms. The van der Waals surface area contributed by atoms with Crippen molar-refractivity contribution >= 4 is 47.6 Å². The molecule has 0 bridgehead atoms. The molecule has 2 rings (SSSR count). The average molecular weight is 526 g/mol. The van der Waals surface area contributed by atoms with E-state index in [1.807, 2.05) is 0 Å². The fraction of sp³-hybridized carbons (Fsp3) is 0.636. The van der Waals surface area contributed by atoms with Gasteiger partial charge in [-0.25, -0.2) is 14.4 Å². The number of hydrogen-bond acceptors (Lipinski definition) is 11. The van der Waals surface area contributed by atoms with E-state index in [9.17, 15) is 38.4 Å². The van der Waals surface area contributed by atoms with Gasteiger partial charge in [0, 0.05) is 45.7 Å². The minimum absolute atomic E-state index is 0.108. The first kappa shape index (κ1) is 29.2. The van der Waals surface area contributed by atoms with Crippen LogP contribution < -0.4 is 0 Å². The zero-order chi connectivity index (χ0) is 27.9. The monoisotopic (exact) mass is 526 g/mol. The van der Waals surface area contributed by atoms with Gasteiger partial charge in [0.2, 0.25) is 5.91 Å². The van der Waals surface area contributed by atoms with E-state index in [4.69, 9.17) is 14.4 Å². The Hall–Kier alpha value is -4.04. The van der Waals surface area contributed by atoms with Crippen LogP contribution in [0.1, 0.15) is 59.3 Å². The summed E-state index contributed by atoms with van der Waals surface area (Å²) in [6, 6.07) is 0. The number of rotatable bonds is 10. The van der Waals surface area contributed by atoms with E-state index < -0.39 is 66.3 Å². The second kappa shape index (κ2) is 12.3. The van der Waals surface area contributed by atoms with Crippen LogP contribution in [0.4, 0.5) is 4.79 Å². The number of carbonyl (C=O) groups is 8. The fourth-order valence-electron chi connectivity index (χ4n) is 3.18. The van der Waals surface area contributed by atoms with Crippen molar-refractivity contribution in [2.45, 2.75) is 64.9 Å². The van der Waals surface area contributed by atoms with E-state index in [0.29, 0.717) is 10.1 Å². The molecule has 2 aliphatic heterocycles. The first-order chi connectivity index (χ1) is 17.2. The Labute approximate surface area is 212 Å². The van der Waals surface area contributed by atoms with Crippen LogP contribution in [0.25, 0.3) is 0 Å². The van der Waals surface area contributed by atoms with Crippen LogP contribution in [0.2, 0.25) is 0 Å². The van der Waals surface area contributed by atoms with Crippen LogP contribution in [0.5, 0.6) is 0 Å². The predicted octanol–water partition coefficient (Wildman–Crippen LogP) is -0.323. The summed E-state index contributed by atoms with van der Waals surface area (Å²) < 4.78 is 5.22. The second-order valence-corrected chi connectivity index (χ2v) is 9.35. The van der Waals surface area contributed by atoms with E-state index in [2.05, 4.69) is 0 Å². The van der Waals surface area contributed by atoms with Crippen LogP contribution in [0, 0.1) is 0 Å². The zero-order valence-electron chi connectivity index (χ0n) is 21.1. The summed E-state index contributed by atoms with van der Waals surface area (Å²) >= 11 is 0. The van der Waals surface area contributed by atoms with Crippen molar-refractivity contribution in [2.75, 3.05) is 26.7 Å². The van der Waals surface area contributed by atoms with Gasteiger partial charge >= 0.3 is 18.0 Å². The van der Waals surface area contributed by atoms with Gasteiger partial charge in [0.15, 0.2) is 0 Å². The number of ether oxygens (including phenoxy) is 1. The summed E-state index contributed by atoms with van der Waals surface area (Å²) in [5, 5.41) is 0.585. The Morgan fingerprint density at radius 3 is 1.57 bits per heavy atom. The number of carbonyl (C=O) groups excluding carboxylic acids is 8. The molecule has 0 aromatic rings. The maximum atomic E-state index is 12.8. The summed E-state index contributed by atoms with van der Waals surface area (Å²) in [4.78, 5) is 108. The molecule has 0 saturated carbocycles.